The zero-order chi connectivity index (χ0) is 48.6. The fourth-order valence-electron chi connectivity index (χ4n) is 10.7. The van der Waals surface area contributed by atoms with Gasteiger partial charge in [-0.25, -0.2) is 0 Å². The molecule has 13 rings (SSSR count). The lowest BCUT2D eigenvalue weighted by atomic mass is 9.95. The molecule has 0 atom stereocenters. The van der Waals surface area contributed by atoms with E-state index >= 15 is 0 Å². The molecule has 7 nitrogen and oxygen atoms in total. The molecule has 0 fully saturated rings. The highest BCUT2D eigenvalue weighted by molar-refractivity contribution is 6.19. The molecule has 10 aromatic carbocycles. The molecule has 0 aliphatic carbocycles. The topological polar surface area (TPSA) is 128 Å². The molecule has 0 aliphatic heterocycles. The van der Waals surface area contributed by atoms with Gasteiger partial charge in [0.25, 0.3) is 0 Å². The summed E-state index contributed by atoms with van der Waals surface area (Å²) in [4.78, 5) is 0. The van der Waals surface area contributed by atoms with Crippen molar-refractivity contribution in [2.45, 2.75) is 0 Å². The van der Waals surface area contributed by atoms with Crippen LogP contribution in [0.2, 0.25) is 0 Å². The normalized spacial score (nSPS) is 11.3. The van der Waals surface area contributed by atoms with Crippen LogP contribution in [0.5, 0.6) is 0 Å². The summed E-state index contributed by atoms with van der Waals surface area (Å²) in [6, 6.07) is 79.0. The second-order valence-electron chi connectivity index (χ2n) is 18.1. The van der Waals surface area contributed by atoms with Gasteiger partial charge in [-0.15, -0.1) is 0 Å². The largest absolute Gasteiger partial charge is 0.309 e. The Bertz CT molecular complexity index is 4580. The maximum atomic E-state index is 10.5. The minimum absolute atomic E-state index is 0.534. The molecule has 0 saturated carbocycles. The van der Waals surface area contributed by atoms with Crippen LogP contribution in [0.15, 0.2) is 200 Å². The van der Waals surface area contributed by atoms with Gasteiger partial charge in [-0.2, -0.15) is 26.3 Å². The molecule has 0 aliphatic rings. The van der Waals surface area contributed by atoms with Crippen LogP contribution in [0.25, 0.3) is 121 Å². The third-order valence-electron chi connectivity index (χ3n) is 14.2. The van der Waals surface area contributed by atoms with Gasteiger partial charge < -0.3 is 8.97 Å². The molecular formula is C65H33N7. The monoisotopic (exact) mass is 911 g/mol. The van der Waals surface area contributed by atoms with E-state index in [2.05, 4.69) is 130 Å². The minimum Gasteiger partial charge on any atom is -0.309 e. The minimum atomic E-state index is 0.534. The van der Waals surface area contributed by atoms with Crippen molar-refractivity contribution in [1.82, 2.24) is 8.97 Å². The van der Waals surface area contributed by atoms with Crippen molar-refractivity contribution in [2.75, 3.05) is 0 Å². The predicted octanol–water partition coefficient (Wildman–Crippen LogP) is 15.7. The van der Waals surface area contributed by atoms with E-state index in [1.54, 1.807) is 0 Å². The van der Waals surface area contributed by atoms with Crippen molar-refractivity contribution in [3.8, 4) is 80.5 Å². The Morgan fingerprint density at radius 2 is 0.653 bits per heavy atom. The first kappa shape index (κ1) is 41.4. The van der Waals surface area contributed by atoms with Gasteiger partial charge in [0, 0.05) is 32.3 Å². The first-order valence-corrected chi connectivity index (χ1v) is 23.3. The quantitative estimate of drug-likeness (QED) is 0.170. The van der Waals surface area contributed by atoms with Gasteiger partial charge in [0.1, 0.15) is 0 Å². The summed E-state index contributed by atoms with van der Waals surface area (Å²) >= 11 is 0. The lowest BCUT2D eigenvalue weighted by Crippen LogP contribution is -1.96. The number of nitrogens with zero attached hydrogens (tertiary/aromatic N) is 7. The second-order valence-corrected chi connectivity index (χ2v) is 18.1. The van der Waals surface area contributed by atoms with Gasteiger partial charge in [0.05, 0.1) is 91.4 Å². The Hall–Kier alpha value is -10.8. The van der Waals surface area contributed by atoms with Gasteiger partial charge >= 0.3 is 0 Å². The highest BCUT2D eigenvalue weighted by Gasteiger charge is 2.21. The average molecular weight is 912 g/mol. The number of benzene rings is 10. The van der Waals surface area contributed by atoms with Crippen LogP contribution < -0.4 is 0 Å². The average Bonchev–Trinajstić information content (AvgIpc) is 3.95. The summed E-state index contributed by atoms with van der Waals surface area (Å²) in [7, 11) is 0. The third-order valence-corrected chi connectivity index (χ3v) is 14.2. The van der Waals surface area contributed by atoms with Crippen molar-refractivity contribution >= 4 is 70.7 Å². The fourth-order valence-corrected chi connectivity index (χ4v) is 10.7. The molecule has 0 radical (unpaired) electrons. The Labute approximate surface area is 412 Å². The summed E-state index contributed by atoms with van der Waals surface area (Å²) in [5.74, 6) is 0. The van der Waals surface area contributed by atoms with Crippen LogP contribution in [0, 0.1) is 56.7 Å². The van der Waals surface area contributed by atoms with Gasteiger partial charge in [0.15, 0.2) is 0 Å². The molecule has 0 N–H and O–H groups in total. The molecule has 0 spiro atoms. The van der Waals surface area contributed by atoms with Crippen LogP contribution in [0.4, 0.5) is 0 Å². The predicted molar refractivity (Wildman–Crippen MR) is 287 cm³/mol. The summed E-state index contributed by atoms with van der Waals surface area (Å²) in [5, 5.41) is 57.1. The zero-order valence-corrected chi connectivity index (χ0v) is 38.2. The van der Waals surface area contributed by atoms with Crippen molar-refractivity contribution in [2.24, 2.45) is 0 Å². The number of hydrogen-bond donors (Lipinski definition) is 0. The highest BCUT2D eigenvalue weighted by Crippen LogP contribution is 2.44. The molecular weight excluding hydrogens is 879 g/mol. The molecule has 4 bridgehead atoms. The van der Waals surface area contributed by atoms with Gasteiger partial charge in [-0.3, -0.25) is 0 Å². The first-order chi connectivity index (χ1) is 35.4. The third kappa shape index (κ3) is 6.47. The van der Waals surface area contributed by atoms with E-state index in [9.17, 15) is 26.3 Å². The second kappa shape index (κ2) is 16.2. The Kier molecular flexibility index (Phi) is 9.33. The maximum absolute atomic E-state index is 10.5. The van der Waals surface area contributed by atoms with Crippen LogP contribution >= 0.6 is 0 Å². The molecule has 7 heteroatoms. The fraction of sp³-hybridized carbons (Fsp3) is 0. The molecule has 3 heterocycles. The van der Waals surface area contributed by atoms with E-state index in [0.717, 1.165) is 121 Å². The van der Waals surface area contributed by atoms with Crippen molar-refractivity contribution in [3.05, 3.63) is 228 Å². The summed E-state index contributed by atoms with van der Waals surface area (Å²) in [6.45, 7) is 0. The van der Waals surface area contributed by atoms with Crippen LogP contribution in [0.1, 0.15) is 27.8 Å². The molecule has 0 amide bonds. The maximum Gasteiger partial charge on any atom is 0.0992 e. The van der Waals surface area contributed by atoms with Crippen molar-refractivity contribution in [3.63, 3.8) is 0 Å². The Morgan fingerprint density at radius 1 is 0.250 bits per heavy atom. The van der Waals surface area contributed by atoms with E-state index in [4.69, 9.17) is 0 Å². The number of nitriles is 5. The molecule has 328 valence electrons. The van der Waals surface area contributed by atoms with Gasteiger partial charge in [-0.1, -0.05) is 78.9 Å². The van der Waals surface area contributed by atoms with E-state index in [1.165, 1.54) is 0 Å². The number of rotatable bonds is 5. The smallest absolute Gasteiger partial charge is 0.0992 e. The van der Waals surface area contributed by atoms with Crippen molar-refractivity contribution < 1.29 is 0 Å². The van der Waals surface area contributed by atoms with Crippen LogP contribution in [-0.4, -0.2) is 8.97 Å². The zero-order valence-electron chi connectivity index (χ0n) is 38.2. The van der Waals surface area contributed by atoms with E-state index in [-0.39, 0.29) is 0 Å². The summed E-state index contributed by atoms with van der Waals surface area (Å²) < 4.78 is 4.65. The van der Waals surface area contributed by atoms with E-state index in [1.807, 2.05) is 109 Å². The lowest BCUT2D eigenvalue weighted by molar-refractivity contribution is 1.20. The summed E-state index contributed by atoms with van der Waals surface area (Å²) in [5.41, 5.74) is 16.7. The molecule has 0 unspecified atom stereocenters. The number of fused-ring (bicyclic) bond motifs is 13. The van der Waals surface area contributed by atoms with E-state index in [0.29, 0.717) is 27.8 Å². The van der Waals surface area contributed by atoms with Gasteiger partial charge in [-0.05, 0) is 177 Å². The lowest BCUT2D eigenvalue weighted by Gasteiger charge is -2.13. The van der Waals surface area contributed by atoms with Gasteiger partial charge in [0.2, 0.25) is 0 Å². The molecule has 13 aromatic rings. The van der Waals surface area contributed by atoms with Crippen LogP contribution in [-0.2, 0) is 0 Å². The standard InChI is InChI=1S/C65H33N7/c66-34-39-1-10-44(11-2-39)48-18-23-61-56(28-48)57-29-49(45-12-3-40(35-67)4-13-45)19-24-62(57)71(61)60-26-21-51-31-55(60)52-22-9-43(38-70)27-64(52)72-63-25-20-50(46-14-5-41(36-68)6-15-46)30-58(63)59-32-53(54(51)33-65(59)72)47-16-7-42(37-69)8-17-47/h1-33H. The van der Waals surface area contributed by atoms with Crippen molar-refractivity contribution in [1.29, 1.82) is 26.3 Å². The first-order valence-electron chi connectivity index (χ1n) is 23.3. The number of aromatic nitrogens is 2. The Balaban J connectivity index is 1.16. The van der Waals surface area contributed by atoms with Crippen LogP contribution in [0.3, 0.4) is 0 Å². The highest BCUT2D eigenvalue weighted by atomic mass is 15.0. The Morgan fingerprint density at radius 3 is 1.14 bits per heavy atom. The van der Waals surface area contributed by atoms with E-state index < -0.39 is 0 Å². The SMILES string of the molecule is N#Cc1ccc(-c2ccc3c(c2)c2cc(-c4ccc(C#N)cc4)ccc2n3-c2ccc3cc2c2ccc(C#N)cc2n2c4ccc(-c5ccc(C#N)cc5)cc4c4cc(-c5ccc(C#N)cc5)c3cc42)cc1. The molecule has 3 aromatic heterocycles. The summed E-state index contributed by atoms with van der Waals surface area (Å²) in [6.07, 6.45) is 0. The number of hydrogen-bond acceptors (Lipinski definition) is 5. The molecule has 0 saturated heterocycles. The molecule has 72 heavy (non-hydrogen) atoms.